The second-order valence-electron chi connectivity index (χ2n) is 2.84. The van der Waals surface area contributed by atoms with Crippen LogP contribution in [-0.2, 0) is 12.8 Å². The van der Waals surface area contributed by atoms with Crippen LogP contribution < -0.4 is 5.56 Å². The van der Waals surface area contributed by atoms with E-state index < -0.39 is 0 Å². The Kier molecular flexibility index (Phi) is 1.24. The summed E-state index contributed by atoms with van der Waals surface area (Å²) in [5.74, 6) is 0.0602. The number of pyridine rings is 1. The average Bonchev–Trinajstić information content (AvgIpc) is 2.34. The second kappa shape index (κ2) is 2.12. The topological polar surface area (TPSA) is 53.1 Å². The molecule has 0 saturated heterocycles. The molecule has 2 rings (SSSR count). The third kappa shape index (κ3) is 0.926. The maximum absolute atomic E-state index is 10.8. The van der Waals surface area contributed by atoms with Crippen molar-refractivity contribution in [1.82, 2.24) is 4.98 Å². The SMILES string of the molecule is O=c1cc2c(c(O)[nH]1)CCC2. The fourth-order valence-corrected chi connectivity index (χ4v) is 1.58. The van der Waals surface area contributed by atoms with Gasteiger partial charge in [0.2, 0.25) is 0 Å². The predicted molar refractivity (Wildman–Crippen MR) is 40.8 cm³/mol. The van der Waals surface area contributed by atoms with E-state index in [0.29, 0.717) is 0 Å². The molecule has 3 heteroatoms. The maximum atomic E-state index is 10.8. The highest BCUT2D eigenvalue weighted by atomic mass is 16.3. The van der Waals surface area contributed by atoms with Crippen LogP contribution in [0.5, 0.6) is 5.88 Å². The maximum Gasteiger partial charge on any atom is 0.250 e. The van der Waals surface area contributed by atoms with Gasteiger partial charge in [-0.25, -0.2) is 0 Å². The van der Waals surface area contributed by atoms with Gasteiger partial charge in [-0.15, -0.1) is 0 Å². The molecule has 1 aromatic heterocycles. The van der Waals surface area contributed by atoms with Crippen molar-refractivity contribution in [3.8, 4) is 5.88 Å². The van der Waals surface area contributed by atoms with E-state index in [4.69, 9.17) is 0 Å². The van der Waals surface area contributed by atoms with Crippen LogP contribution >= 0.6 is 0 Å². The monoisotopic (exact) mass is 151 g/mol. The number of aromatic hydroxyl groups is 1. The van der Waals surface area contributed by atoms with Gasteiger partial charge in [0.05, 0.1) is 0 Å². The van der Waals surface area contributed by atoms with Crippen LogP contribution in [0.4, 0.5) is 0 Å². The predicted octanol–water partition coefficient (Wildman–Crippen LogP) is 0.569. The summed E-state index contributed by atoms with van der Waals surface area (Å²) in [6, 6.07) is 1.57. The third-order valence-corrected chi connectivity index (χ3v) is 2.09. The van der Waals surface area contributed by atoms with Crippen molar-refractivity contribution in [3.05, 3.63) is 27.5 Å². The van der Waals surface area contributed by atoms with Crippen molar-refractivity contribution in [2.75, 3.05) is 0 Å². The van der Waals surface area contributed by atoms with E-state index in [1.807, 2.05) is 0 Å². The lowest BCUT2D eigenvalue weighted by Gasteiger charge is -1.99. The highest BCUT2D eigenvalue weighted by molar-refractivity contribution is 5.36. The normalized spacial score (nSPS) is 14.9. The van der Waals surface area contributed by atoms with Crippen LogP contribution in [0, 0.1) is 0 Å². The molecule has 0 radical (unpaired) electrons. The molecule has 0 aliphatic heterocycles. The Bertz CT molecular complexity index is 340. The smallest absolute Gasteiger partial charge is 0.250 e. The molecule has 1 aliphatic rings. The minimum absolute atomic E-state index is 0.0602. The van der Waals surface area contributed by atoms with Gasteiger partial charge in [0.15, 0.2) is 5.88 Å². The summed E-state index contributed by atoms with van der Waals surface area (Å²) in [5, 5.41) is 9.26. The number of hydrogen-bond donors (Lipinski definition) is 2. The number of fused-ring (bicyclic) bond motifs is 1. The Hall–Kier alpha value is -1.25. The Labute approximate surface area is 63.7 Å². The Morgan fingerprint density at radius 2 is 2.27 bits per heavy atom. The first-order valence-corrected chi connectivity index (χ1v) is 3.71. The first kappa shape index (κ1) is 6.46. The highest BCUT2D eigenvalue weighted by Gasteiger charge is 2.15. The zero-order valence-corrected chi connectivity index (χ0v) is 6.05. The number of H-pyrrole nitrogens is 1. The number of aromatic amines is 1. The Balaban J connectivity index is 2.70. The quantitative estimate of drug-likeness (QED) is 0.569. The molecule has 11 heavy (non-hydrogen) atoms. The van der Waals surface area contributed by atoms with E-state index in [9.17, 15) is 9.90 Å². The minimum atomic E-state index is -0.205. The summed E-state index contributed by atoms with van der Waals surface area (Å²) in [4.78, 5) is 13.2. The lowest BCUT2D eigenvalue weighted by Crippen LogP contribution is -2.05. The summed E-state index contributed by atoms with van der Waals surface area (Å²) < 4.78 is 0. The first-order chi connectivity index (χ1) is 5.27. The molecular formula is C8H9NO2. The van der Waals surface area contributed by atoms with Gasteiger partial charge in [0.25, 0.3) is 5.56 Å². The van der Waals surface area contributed by atoms with Gasteiger partial charge in [0, 0.05) is 11.6 Å². The number of rotatable bonds is 0. The minimum Gasteiger partial charge on any atom is -0.494 e. The van der Waals surface area contributed by atoms with Crippen molar-refractivity contribution in [2.24, 2.45) is 0 Å². The molecule has 0 spiro atoms. The van der Waals surface area contributed by atoms with Crippen molar-refractivity contribution in [1.29, 1.82) is 0 Å². The molecule has 0 saturated carbocycles. The average molecular weight is 151 g/mol. The van der Waals surface area contributed by atoms with Crippen LogP contribution in [-0.4, -0.2) is 10.1 Å². The van der Waals surface area contributed by atoms with Gasteiger partial charge < -0.3 is 5.11 Å². The van der Waals surface area contributed by atoms with E-state index in [-0.39, 0.29) is 11.4 Å². The van der Waals surface area contributed by atoms with Crippen LogP contribution in [0.1, 0.15) is 17.5 Å². The van der Waals surface area contributed by atoms with Gasteiger partial charge in [-0.1, -0.05) is 0 Å². The molecule has 2 N–H and O–H groups in total. The third-order valence-electron chi connectivity index (χ3n) is 2.09. The highest BCUT2D eigenvalue weighted by Crippen LogP contribution is 2.25. The molecule has 0 fully saturated rings. The van der Waals surface area contributed by atoms with E-state index in [1.54, 1.807) is 6.07 Å². The van der Waals surface area contributed by atoms with Crippen LogP contribution in [0.2, 0.25) is 0 Å². The number of aromatic nitrogens is 1. The Morgan fingerprint density at radius 3 is 3.09 bits per heavy atom. The fraction of sp³-hybridized carbons (Fsp3) is 0.375. The summed E-state index contributed by atoms with van der Waals surface area (Å²) in [6.45, 7) is 0. The molecule has 1 heterocycles. The van der Waals surface area contributed by atoms with Crippen LogP contribution in [0.15, 0.2) is 10.9 Å². The van der Waals surface area contributed by atoms with E-state index >= 15 is 0 Å². The van der Waals surface area contributed by atoms with Crippen molar-refractivity contribution < 1.29 is 5.11 Å². The standard InChI is InChI=1S/C8H9NO2/c10-7-4-5-2-1-3-6(5)8(11)9-7/h4H,1-3H2,(H2,9,10,11). The number of hydrogen-bond acceptors (Lipinski definition) is 2. The second-order valence-corrected chi connectivity index (χ2v) is 2.84. The molecule has 0 amide bonds. The fourth-order valence-electron chi connectivity index (χ4n) is 1.58. The van der Waals surface area contributed by atoms with Crippen LogP contribution in [0.3, 0.4) is 0 Å². The summed E-state index contributed by atoms with van der Waals surface area (Å²) in [7, 11) is 0. The number of nitrogens with one attached hydrogen (secondary N) is 1. The molecule has 0 atom stereocenters. The lowest BCUT2D eigenvalue weighted by molar-refractivity contribution is 0.445. The van der Waals surface area contributed by atoms with E-state index in [2.05, 4.69) is 4.98 Å². The molecule has 1 aromatic rings. The van der Waals surface area contributed by atoms with Gasteiger partial charge in [-0.2, -0.15) is 0 Å². The van der Waals surface area contributed by atoms with Crippen molar-refractivity contribution in [2.45, 2.75) is 19.3 Å². The molecule has 1 aliphatic carbocycles. The summed E-state index contributed by atoms with van der Waals surface area (Å²) >= 11 is 0. The largest absolute Gasteiger partial charge is 0.494 e. The van der Waals surface area contributed by atoms with Crippen molar-refractivity contribution >= 4 is 0 Å². The van der Waals surface area contributed by atoms with Gasteiger partial charge in [0.1, 0.15) is 0 Å². The molecular weight excluding hydrogens is 142 g/mol. The van der Waals surface area contributed by atoms with Crippen molar-refractivity contribution in [3.63, 3.8) is 0 Å². The van der Waals surface area contributed by atoms with Crippen LogP contribution in [0.25, 0.3) is 0 Å². The molecule has 3 nitrogen and oxygen atoms in total. The molecule has 0 unspecified atom stereocenters. The van der Waals surface area contributed by atoms with E-state index in [1.165, 1.54) is 0 Å². The van der Waals surface area contributed by atoms with Gasteiger partial charge >= 0.3 is 0 Å². The van der Waals surface area contributed by atoms with E-state index in [0.717, 1.165) is 30.4 Å². The van der Waals surface area contributed by atoms with Gasteiger partial charge in [-0.05, 0) is 24.8 Å². The molecule has 0 bridgehead atoms. The molecule has 58 valence electrons. The summed E-state index contributed by atoms with van der Waals surface area (Å²) in [5.41, 5.74) is 1.72. The zero-order chi connectivity index (χ0) is 7.84. The Morgan fingerprint density at radius 1 is 1.45 bits per heavy atom. The lowest BCUT2D eigenvalue weighted by atomic mass is 10.2. The molecule has 0 aromatic carbocycles. The zero-order valence-electron chi connectivity index (χ0n) is 6.05. The van der Waals surface area contributed by atoms with Gasteiger partial charge in [-0.3, -0.25) is 9.78 Å². The summed E-state index contributed by atoms with van der Waals surface area (Å²) in [6.07, 6.45) is 2.85. The first-order valence-electron chi connectivity index (χ1n) is 3.71. The number of aryl methyl sites for hydroxylation is 1.